The van der Waals surface area contributed by atoms with Gasteiger partial charge in [-0.25, -0.2) is 0 Å². The Kier molecular flexibility index (Phi) is 2.16. The minimum atomic E-state index is 0.797. The number of allylic oxidation sites excluding steroid dienone is 6. The van der Waals surface area contributed by atoms with Crippen molar-refractivity contribution in [2.45, 2.75) is 16.8 Å². The summed E-state index contributed by atoms with van der Waals surface area (Å²) in [7, 11) is 0. The van der Waals surface area contributed by atoms with Crippen LogP contribution in [-0.2, 0) is 0 Å². The molecule has 0 N–H and O–H groups in total. The van der Waals surface area contributed by atoms with E-state index in [9.17, 15) is 0 Å². The Balaban J connectivity index is 2.29. The fourth-order valence-electron chi connectivity index (χ4n) is 1.70. The lowest BCUT2D eigenvalue weighted by molar-refractivity contribution is 0.599. The summed E-state index contributed by atoms with van der Waals surface area (Å²) in [5, 5.41) is 0. The molecular weight excluding hydrogens is 247 g/mol. The van der Waals surface area contributed by atoms with E-state index in [1.807, 2.05) is 0 Å². The molecule has 0 aliphatic heterocycles. The van der Waals surface area contributed by atoms with E-state index in [1.165, 1.54) is 18.4 Å². The zero-order chi connectivity index (χ0) is 7.68. The SMILES string of the molecule is IC1CC=CC2=CC=CCC21. The van der Waals surface area contributed by atoms with Gasteiger partial charge in [0.25, 0.3) is 0 Å². The first-order chi connectivity index (χ1) is 5.38. The summed E-state index contributed by atoms with van der Waals surface area (Å²) >= 11 is 2.57. The van der Waals surface area contributed by atoms with E-state index < -0.39 is 0 Å². The van der Waals surface area contributed by atoms with Gasteiger partial charge in [-0.05, 0) is 24.3 Å². The molecular formula is C10H11I. The van der Waals surface area contributed by atoms with Crippen LogP contribution in [0.4, 0.5) is 0 Å². The highest BCUT2D eigenvalue weighted by Gasteiger charge is 2.23. The Hall–Kier alpha value is -0.0500. The van der Waals surface area contributed by atoms with Crippen molar-refractivity contribution in [3.8, 4) is 0 Å². The topological polar surface area (TPSA) is 0 Å². The molecule has 58 valence electrons. The van der Waals surface area contributed by atoms with E-state index in [0.29, 0.717) is 0 Å². The van der Waals surface area contributed by atoms with E-state index in [-0.39, 0.29) is 0 Å². The van der Waals surface area contributed by atoms with Gasteiger partial charge in [0.1, 0.15) is 0 Å². The minimum absolute atomic E-state index is 0.797. The zero-order valence-electron chi connectivity index (χ0n) is 6.33. The Morgan fingerprint density at radius 1 is 1.27 bits per heavy atom. The van der Waals surface area contributed by atoms with Crippen LogP contribution in [0.2, 0.25) is 0 Å². The van der Waals surface area contributed by atoms with Gasteiger partial charge in [0.15, 0.2) is 0 Å². The van der Waals surface area contributed by atoms with Gasteiger partial charge < -0.3 is 0 Å². The molecule has 0 heterocycles. The predicted molar refractivity (Wildman–Crippen MR) is 56.9 cm³/mol. The fraction of sp³-hybridized carbons (Fsp3) is 0.400. The lowest BCUT2D eigenvalue weighted by atomic mass is 9.84. The molecule has 0 nitrogen and oxygen atoms in total. The van der Waals surface area contributed by atoms with E-state index in [1.54, 1.807) is 0 Å². The van der Waals surface area contributed by atoms with Gasteiger partial charge in [0, 0.05) is 3.92 Å². The Labute approximate surface area is 81.2 Å². The van der Waals surface area contributed by atoms with Crippen molar-refractivity contribution in [2.24, 2.45) is 5.92 Å². The Morgan fingerprint density at radius 2 is 2.18 bits per heavy atom. The van der Waals surface area contributed by atoms with Crippen molar-refractivity contribution in [1.29, 1.82) is 0 Å². The molecule has 2 unspecified atom stereocenters. The second-order valence-electron chi connectivity index (χ2n) is 3.09. The van der Waals surface area contributed by atoms with Crippen LogP contribution in [0.3, 0.4) is 0 Å². The number of hydrogen-bond donors (Lipinski definition) is 0. The quantitative estimate of drug-likeness (QED) is 0.462. The molecule has 0 bridgehead atoms. The second-order valence-corrected chi connectivity index (χ2v) is 4.69. The molecule has 2 atom stereocenters. The normalized spacial score (nSPS) is 34.8. The first kappa shape index (κ1) is 7.59. The maximum atomic E-state index is 2.57. The van der Waals surface area contributed by atoms with Gasteiger partial charge in [0.05, 0.1) is 0 Å². The molecule has 2 aliphatic rings. The largest absolute Gasteiger partial charge is 0.0839 e. The Morgan fingerprint density at radius 3 is 3.00 bits per heavy atom. The summed E-state index contributed by atoms with van der Waals surface area (Å²) in [6.07, 6.45) is 13.8. The Bertz CT molecular complexity index is 235. The van der Waals surface area contributed by atoms with E-state index in [2.05, 4.69) is 53.0 Å². The highest BCUT2D eigenvalue weighted by Crippen LogP contribution is 2.34. The molecule has 2 aliphatic carbocycles. The van der Waals surface area contributed by atoms with Gasteiger partial charge >= 0.3 is 0 Å². The van der Waals surface area contributed by atoms with Crippen LogP contribution < -0.4 is 0 Å². The fourth-order valence-corrected chi connectivity index (χ4v) is 2.70. The number of alkyl halides is 1. The first-order valence-electron chi connectivity index (χ1n) is 4.05. The van der Waals surface area contributed by atoms with Crippen molar-refractivity contribution in [3.05, 3.63) is 36.0 Å². The van der Waals surface area contributed by atoms with E-state index in [0.717, 1.165) is 9.84 Å². The van der Waals surface area contributed by atoms with Gasteiger partial charge in [0.2, 0.25) is 0 Å². The van der Waals surface area contributed by atoms with Crippen LogP contribution in [0.5, 0.6) is 0 Å². The highest BCUT2D eigenvalue weighted by atomic mass is 127. The van der Waals surface area contributed by atoms with Crippen LogP contribution in [0.15, 0.2) is 36.0 Å². The molecule has 11 heavy (non-hydrogen) atoms. The molecule has 0 saturated heterocycles. The molecule has 0 saturated carbocycles. The summed E-state index contributed by atoms with van der Waals surface area (Å²) in [5.41, 5.74) is 1.53. The van der Waals surface area contributed by atoms with Crippen molar-refractivity contribution in [3.63, 3.8) is 0 Å². The summed E-state index contributed by atoms with van der Waals surface area (Å²) in [6.45, 7) is 0. The van der Waals surface area contributed by atoms with Crippen molar-refractivity contribution >= 4 is 22.6 Å². The van der Waals surface area contributed by atoms with Gasteiger partial charge in [-0.2, -0.15) is 0 Å². The van der Waals surface area contributed by atoms with E-state index in [4.69, 9.17) is 0 Å². The highest BCUT2D eigenvalue weighted by molar-refractivity contribution is 14.1. The third-order valence-electron chi connectivity index (χ3n) is 2.35. The van der Waals surface area contributed by atoms with E-state index >= 15 is 0 Å². The zero-order valence-corrected chi connectivity index (χ0v) is 8.49. The van der Waals surface area contributed by atoms with Crippen molar-refractivity contribution in [1.82, 2.24) is 0 Å². The number of fused-ring (bicyclic) bond motifs is 1. The molecule has 0 amide bonds. The summed E-state index contributed by atoms with van der Waals surface area (Å²) in [4.78, 5) is 0. The van der Waals surface area contributed by atoms with Crippen molar-refractivity contribution < 1.29 is 0 Å². The van der Waals surface area contributed by atoms with Crippen LogP contribution in [0, 0.1) is 5.92 Å². The predicted octanol–water partition coefficient (Wildman–Crippen LogP) is 3.25. The lowest BCUT2D eigenvalue weighted by Crippen LogP contribution is -2.19. The lowest BCUT2D eigenvalue weighted by Gasteiger charge is -2.27. The molecule has 0 fully saturated rings. The summed E-state index contributed by atoms with van der Waals surface area (Å²) in [5.74, 6) is 0.797. The van der Waals surface area contributed by atoms with Gasteiger partial charge in [-0.3, -0.25) is 0 Å². The van der Waals surface area contributed by atoms with Crippen LogP contribution in [-0.4, -0.2) is 3.92 Å². The third-order valence-corrected chi connectivity index (χ3v) is 3.73. The average molecular weight is 258 g/mol. The number of hydrogen-bond acceptors (Lipinski definition) is 0. The average Bonchev–Trinajstić information content (AvgIpc) is 2.06. The number of rotatable bonds is 0. The minimum Gasteiger partial charge on any atom is -0.0839 e. The molecule has 0 aromatic carbocycles. The third kappa shape index (κ3) is 1.43. The first-order valence-corrected chi connectivity index (χ1v) is 5.30. The molecule has 0 radical (unpaired) electrons. The van der Waals surface area contributed by atoms with Crippen LogP contribution in [0.1, 0.15) is 12.8 Å². The molecule has 0 aromatic heterocycles. The van der Waals surface area contributed by atoms with Gasteiger partial charge in [-0.1, -0.05) is 53.0 Å². The van der Waals surface area contributed by atoms with Gasteiger partial charge in [-0.15, -0.1) is 0 Å². The maximum absolute atomic E-state index is 2.57. The summed E-state index contributed by atoms with van der Waals surface area (Å²) < 4.78 is 0.814. The van der Waals surface area contributed by atoms with Crippen LogP contribution in [0.25, 0.3) is 0 Å². The van der Waals surface area contributed by atoms with Crippen molar-refractivity contribution in [2.75, 3.05) is 0 Å². The second kappa shape index (κ2) is 3.13. The molecule has 1 heteroatoms. The molecule has 0 aromatic rings. The standard InChI is InChI=1S/C10H11I/c11-10-7-3-5-8-4-1-2-6-9(8)10/h1-5,9-10H,6-7H2. The summed E-state index contributed by atoms with van der Waals surface area (Å²) in [6, 6.07) is 0. The monoisotopic (exact) mass is 258 g/mol. The smallest absolute Gasteiger partial charge is 0.0216 e. The molecule has 2 rings (SSSR count). The van der Waals surface area contributed by atoms with Crippen LogP contribution >= 0.6 is 22.6 Å². The number of halogens is 1. The molecule has 0 spiro atoms. The maximum Gasteiger partial charge on any atom is 0.0216 e.